The fraction of sp³-hybridized carbons (Fsp3) is 0.188. The highest BCUT2D eigenvalue weighted by Gasteiger charge is 2.34. The number of rotatable bonds is 5. The summed E-state index contributed by atoms with van der Waals surface area (Å²) in [7, 11) is 0. The standard InChI is InChI=1S/C16H11F4N3O2/c17-12-6-4-9(5-7-12)13(14(15(24)25)22-23-21)10-2-1-3-11(8-10)16(18,19)20/h1-8,13-14H,(H,24,25)/t13-,14?/m0/s1. The van der Waals surface area contributed by atoms with Crippen molar-refractivity contribution in [3.63, 3.8) is 0 Å². The Hall–Kier alpha value is -3.06. The number of carboxylic acids is 1. The topological polar surface area (TPSA) is 86.1 Å². The average molecular weight is 353 g/mol. The fourth-order valence-electron chi connectivity index (χ4n) is 2.45. The van der Waals surface area contributed by atoms with Crippen LogP contribution in [0.1, 0.15) is 22.6 Å². The number of nitrogens with zero attached hydrogens (tertiary/aromatic N) is 3. The predicted molar refractivity (Wildman–Crippen MR) is 80.3 cm³/mol. The molecule has 0 saturated heterocycles. The van der Waals surface area contributed by atoms with Crippen LogP contribution in [0.3, 0.4) is 0 Å². The van der Waals surface area contributed by atoms with Gasteiger partial charge in [-0.25, -0.2) is 4.39 Å². The second-order valence-electron chi connectivity index (χ2n) is 5.14. The minimum atomic E-state index is -4.62. The van der Waals surface area contributed by atoms with Gasteiger partial charge in [-0.2, -0.15) is 13.2 Å². The molecule has 0 amide bonds. The third kappa shape index (κ3) is 4.27. The van der Waals surface area contributed by atoms with Crippen molar-refractivity contribution in [1.29, 1.82) is 0 Å². The lowest BCUT2D eigenvalue weighted by Gasteiger charge is -2.22. The zero-order valence-corrected chi connectivity index (χ0v) is 12.5. The maximum absolute atomic E-state index is 13.1. The fourth-order valence-corrected chi connectivity index (χ4v) is 2.45. The number of azide groups is 1. The molecule has 0 spiro atoms. The van der Waals surface area contributed by atoms with Crippen LogP contribution in [0.25, 0.3) is 10.4 Å². The van der Waals surface area contributed by atoms with Crippen LogP contribution in [0, 0.1) is 5.82 Å². The summed E-state index contributed by atoms with van der Waals surface area (Å²) in [6, 6.07) is 6.93. The quantitative estimate of drug-likeness (QED) is 0.364. The van der Waals surface area contributed by atoms with Gasteiger partial charge in [-0.3, -0.25) is 4.79 Å². The molecule has 2 aromatic carbocycles. The molecule has 9 heteroatoms. The lowest BCUT2D eigenvalue weighted by molar-refractivity contribution is -0.138. The van der Waals surface area contributed by atoms with Gasteiger partial charge in [-0.15, -0.1) is 0 Å². The normalized spacial score (nSPS) is 13.6. The van der Waals surface area contributed by atoms with Gasteiger partial charge in [0.15, 0.2) is 0 Å². The summed E-state index contributed by atoms with van der Waals surface area (Å²) in [5, 5.41) is 12.5. The van der Waals surface area contributed by atoms with E-state index in [-0.39, 0.29) is 11.1 Å². The number of carbonyl (C=O) groups is 1. The first-order valence-corrected chi connectivity index (χ1v) is 6.93. The number of alkyl halides is 3. The molecule has 0 aliphatic heterocycles. The van der Waals surface area contributed by atoms with Crippen LogP contribution < -0.4 is 0 Å². The van der Waals surface area contributed by atoms with Crippen LogP contribution in [0.2, 0.25) is 0 Å². The Kier molecular flexibility index (Phi) is 5.29. The van der Waals surface area contributed by atoms with E-state index in [0.29, 0.717) is 0 Å². The molecule has 25 heavy (non-hydrogen) atoms. The zero-order valence-electron chi connectivity index (χ0n) is 12.5. The van der Waals surface area contributed by atoms with E-state index in [1.54, 1.807) is 0 Å². The van der Waals surface area contributed by atoms with Gasteiger partial charge in [0.1, 0.15) is 11.9 Å². The Balaban J connectivity index is 2.64. The van der Waals surface area contributed by atoms with Gasteiger partial charge in [-0.1, -0.05) is 35.4 Å². The number of hydrogen-bond donors (Lipinski definition) is 1. The van der Waals surface area contributed by atoms with Crippen molar-refractivity contribution in [2.75, 3.05) is 0 Å². The first-order valence-electron chi connectivity index (χ1n) is 6.93. The van der Waals surface area contributed by atoms with Crippen LogP contribution >= 0.6 is 0 Å². The highest BCUT2D eigenvalue weighted by atomic mass is 19.4. The van der Waals surface area contributed by atoms with E-state index >= 15 is 0 Å². The average Bonchev–Trinajstić information content (AvgIpc) is 2.55. The van der Waals surface area contributed by atoms with Crippen molar-refractivity contribution in [2.45, 2.75) is 18.1 Å². The van der Waals surface area contributed by atoms with E-state index < -0.39 is 35.5 Å². The molecule has 0 fully saturated rings. The first-order chi connectivity index (χ1) is 11.7. The molecule has 0 radical (unpaired) electrons. The minimum absolute atomic E-state index is 0.0127. The largest absolute Gasteiger partial charge is 0.481 e. The smallest absolute Gasteiger partial charge is 0.416 e. The summed E-state index contributed by atoms with van der Waals surface area (Å²) >= 11 is 0. The molecular weight excluding hydrogens is 342 g/mol. The monoisotopic (exact) mass is 353 g/mol. The number of hydrogen-bond acceptors (Lipinski definition) is 2. The molecule has 0 saturated carbocycles. The highest BCUT2D eigenvalue weighted by molar-refractivity contribution is 5.76. The van der Waals surface area contributed by atoms with Gasteiger partial charge < -0.3 is 5.11 Å². The van der Waals surface area contributed by atoms with E-state index in [0.717, 1.165) is 30.3 Å². The lowest BCUT2D eigenvalue weighted by atomic mass is 9.84. The second kappa shape index (κ2) is 7.23. The van der Waals surface area contributed by atoms with Crippen molar-refractivity contribution in [3.05, 3.63) is 81.5 Å². The van der Waals surface area contributed by atoms with Crippen molar-refractivity contribution in [1.82, 2.24) is 0 Å². The molecule has 130 valence electrons. The van der Waals surface area contributed by atoms with Gasteiger partial charge in [0.25, 0.3) is 0 Å². The molecule has 0 bridgehead atoms. The van der Waals surface area contributed by atoms with E-state index in [1.807, 2.05) is 0 Å². The number of carboxylic acid groups (broad SMARTS) is 1. The van der Waals surface area contributed by atoms with Crippen LogP contribution in [0.5, 0.6) is 0 Å². The molecule has 0 aliphatic rings. The van der Waals surface area contributed by atoms with Crippen LogP contribution in [0.15, 0.2) is 53.6 Å². The maximum Gasteiger partial charge on any atom is 0.416 e. The minimum Gasteiger partial charge on any atom is -0.481 e. The van der Waals surface area contributed by atoms with Crippen LogP contribution in [-0.4, -0.2) is 17.1 Å². The van der Waals surface area contributed by atoms with E-state index in [2.05, 4.69) is 10.0 Å². The maximum atomic E-state index is 13.1. The number of aliphatic carboxylic acids is 1. The van der Waals surface area contributed by atoms with Gasteiger partial charge in [0, 0.05) is 10.8 Å². The predicted octanol–water partition coefficient (Wildman–Crippen LogP) is 4.74. The van der Waals surface area contributed by atoms with Gasteiger partial charge in [0.05, 0.1) is 5.56 Å². The zero-order chi connectivity index (χ0) is 18.6. The van der Waals surface area contributed by atoms with Crippen molar-refractivity contribution >= 4 is 5.97 Å². The third-order valence-electron chi connectivity index (χ3n) is 3.55. The Bertz CT molecular complexity index is 813. The van der Waals surface area contributed by atoms with E-state index in [1.165, 1.54) is 18.2 Å². The summed E-state index contributed by atoms with van der Waals surface area (Å²) in [4.78, 5) is 13.9. The second-order valence-corrected chi connectivity index (χ2v) is 5.14. The van der Waals surface area contributed by atoms with E-state index in [9.17, 15) is 27.5 Å². The summed E-state index contributed by atoms with van der Waals surface area (Å²) < 4.78 is 52.0. The first kappa shape index (κ1) is 18.3. The Labute approximate surface area is 139 Å². The Morgan fingerprint density at radius 3 is 2.28 bits per heavy atom. The highest BCUT2D eigenvalue weighted by Crippen LogP contribution is 2.35. The summed E-state index contributed by atoms with van der Waals surface area (Å²) in [6.45, 7) is 0. The summed E-state index contributed by atoms with van der Waals surface area (Å²) in [6.07, 6.45) is -4.62. The molecule has 2 rings (SSSR count). The molecule has 1 unspecified atom stereocenters. The molecule has 0 heterocycles. The van der Waals surface area contributed by atoms with Gasteiger partial charge in [-0.05, 0) is 34.9 Å². The lowest BCUT2D eigenvalue weighted by Crippen LogP contribution is -2.27. The third-order valence-corrected chi connectivity index (χ3v) is 3.55. The molecule has 2 aromatic rings. The van der Waals surface area contributed by atoms with Crippen molar-refractivity contribution in [2.24, 2.45) is 5.11 Å². The van der Waals surface area contributed by atoms with Crippen molar-refractivity contribution in [3.8, 4) is 0 Å². The number of benzene rings is 2. The summed E-state index contributed by atoms with van der Waals surface area (Å²) in [5.41, 5.74) is 7.84. The van der Waals surface area contributed by atoms with Gasteiger partial charge in [0.2, 0.25) is 0 Å². The Morgan fingerprint density at radius 1 is 1.12 bits per heavy atom. The SMILES string of the molecule is [N-]=[N+]=NC(C(=O)O)[C@@H](c1ccc(F)cc1)c1cccc(C(F)(F)F)c1. The number of halogens is 4. The molecule has 0 aromatic heterocycles. The molecular formula is C16H11F4N3O2. The molecule has 0 aliphatic carbocycles. The molecule has 2 atom stereocenters. The molecule has 5 nitrogen and oxygen atoms in total. The van der Waals surface area contributed by atoms with Crippen LogP contribution in [0.4, 0.5) is 17.6 Å². The van der Waals surface area contributed by atoms with Crippen LogP contribution in [-0.2, 0) is 11.0 Å². The van der Waals surface area contributed by atoms with E-state index in [4.69, 9.17) is 5.53 Å². The van der Waals surface area contributed by atoms with Crippen molar-refractivity contribution < 1.29 is 27.5 Å². The Morgan fingerprint density at radius 2 is 1.76 bits per heavy atom. The summed E-state index contributed by atoms with van der Waals surface area (Å²) in [5.74, 6) is -3.32. The van der Waals surface area contributed by atoms with Gasteiger partial charge >= 0.3 is 12.1 Å². The molecule has 1 N–H and O–H groups in total.